The molecule has 3 fully saturated rings. The highest BCUT2D eigenvalue weighted by atomic mass is 32.2. The van der Waals surface area contributed by atoms with Crippen LogP contribution < -0.4 is 5.32 Å². The lowest BCUT2D eigenvalue weighted by molar-refractivity contribution is -0.170. The van der Waals surface area contributed by atoms with E-state index in [0.717, 1.165) is 31.1 Å². The molecule has 3 aliphatic rings. The lowest BCUT2D eigenvalue weighted by atomic mass is 9.43. The van der Waals surface area contributed by atoms with Crippen molar-refractivity contribution < 1.29 is 22.9 Å². The van der Waals surface area contributed by atoms with E-state index in [-0.39, 0.29) is 24.0 Å². The number of nitrogens with one attached hydrogen (secondary N) is 1. The van der Waals surface area contributed by atoms with E-state index in [9.17, 15) is 18.3 Å². The molecule has 3 saturated carbocycles. The molecule has 1 unspecified atom stereocenters. The van der Waals surface area contributed by atoms with Gasteiger partial charge in [-0.1, -0.05) is 41.5 Å². The van der Waals surface area contributed by atoms with E-state index in [1.165, 1.54) is 32.1 Å². The van der Waals surface area contributed by atoms with Gasteiger partial charge in [-0.2, -0.15) is 8.42 Å². The third-order valence-corrected chi connectivity index (χ3v) is 11.6. The SMILES string of the molecule is CC(C)[C@@H]1CC[C@@]2(C)C(C1)C[C@H](O)[C@H]1[C@@H](C)[C@@](C)(C[C@@H](C)CCC(=O)NCCS(=O)(=O)O)CC[C@H]12. The summed E-state index contributed by atoms with van der Waals surface area (Å²) in [6, 6.07) is 0. The van der Waals surface area contributed by atoms with Gasteiger partial charge in [-0.15, -0.1) is 0 Å². The lowest BCUT2D eigenvalue weighted by Gasteiger charge is -2.63. The minimum atomic E-state index is -4.05. The highest BCUT2D eigenvalue weighted by molar-refractivity contribution is 7.85. The third kappa shape index (κ3) is 6.62. The summed E-state index contributed by atoms with van der Waals surface area (Å²) in [6.45, 7) is 14.2. The van der Waals surface area contributed by atoms with Gasteiger partial charge < -0.3 is 10.4 Å². The van der Waals surface area contributed by atoms with Crippen molar-refractivity contribution in [2.75, 3.05) is 12.3 Å². The highest BCUT2D eigenvalue weighted by Gasteiger charge is 2.58. The molecule has 0 aromatic rings. The van der Waals surface area contributed by atoms with Crippen LogP contribution in [0.3, 0.4) is 0 Å². The molecule has 7 heteroatoms. The van der Waals surface area contributed by atoms with Crippen molar-refractivity contribution in [2.24, 2.45) is 52.3 Å². The summed E-state index contributed by atoms with van der Waals surface area (Å²) in [5, 5.41) is 14.0. The van der Waals surface area contributed by atoms with Gasteiger partial charge in [-0.25, -0.2) is 0 Å². The van der Waals surface area contributed by atoms with Crippen molar-refractivity contribution in [3.63, 3.8) is 0 Å². The van der Waals surface area contributed by atoms with Crippen LogP contribution in [0.15, 0.2) is 0 Å². The van der Waals surface area contributed by atoms with E-state index in [1.54, 1.807) is 0 Å². The molecule has 0 aliphatic heterocycles. The molecule has 0 bridgehead atoms. The van der Waals surface area contributed by atoms with Crippen molar-refractivity contribution in [3.05, 3.63) is 0 Å². The number of aliphatic hydroxyl groups excluding tert-OH is 1. The summed E-state index contributed by atoms with van der Waals surface area (Å²) < 4.78 is 30.4. The zero-order valence-corrected chi connectivity index (χ0v) is 23.7. The molecular weight excluding hydrogens is 462 g/mol. The minimum Gasteiger partial charge on any atom is -0.393 e. The maximum absolute atomic E-state index is 12.1. The Labute approximate surface area is 214 Å². The first kappa shape index (κ1) is 28.9. The summed E-state index contributed by atoms with van der Waals surface area (Å²) in [7, 11) is -4.05. The van der Waals surface area contributed by atoms with Crippen molar-refractivity contribution in [1.29, 1.82) is 0 Å². The molecule has 1 amide bonds. The van der Waals surface area contributed by atoms with Crippen LogP contribution in [0.5, 0.6) is 0 Å². The molecule has 204 valence electrons. The second-order valence-corrected chi connectivity index (χ2v) is 15.0. The van der Waals surface area contributed by atoms with E-state index < -0.39 is 15.9 Å². The molecule has 35 heavy (non-hydrogen) atoms. The van der Waals surface area contributed by atoms with Crippen LogP contribution in [0.1, 0.15) is 99.3 Å². The maximum atomic E-state index is 12.1. The van der Waals surface area contributed by atoms with Crippen molar-refractivity contribution in [2.45, 2.75) is 105 Å². The van der Waals surface area contributed by atoms with Gasteiger partial charge in [-0.05, 0) is 104 Å². The summed E-state index contributed by atoms with van der Waals surface area (Å²) >= 11 is 0. The zero-order chi connectivity index (χ0) is 26.2. The van der Waals surface area contributed by atoms with Gasteiger partial charge in [0.05, 0.1) is 11.9 Å². The molecule has 6 nitrogen and oxygen atoms in total. The number of carbonyl (C=O) groups is 1. The van der Waals surface area contributed by atoms with Crippen LogP contribution in [0.2, 0.25) is 0 Å². The van der Waals surface area contributed by atoms with E-state index >= 15 is 0 Å². The Bertz CT molecular complexity index is 844. The van der Waals surface area contributed by atoms with Crippen LogP contribution in [0.4, 0.5) is 0 Å². The number of aliphatic hydroxyl groups is 1. The van der Waals surface area contributed by atoms with E-state index in [4.69, 9.17) is 4.55 Å². The largest absolute Gasteiger partial charge is 0.393 e. The smallest absolute Gasteiger partial charge is 0.266 e. The Morgan fingerprint density at radius 1 is 1.11 bits per heavy atom. The molecule has 0 spiro atoms. The standard InChI is InChI=1S/C28H51NO5S/c1-18(2)21-9-12-28(6)22(15-21)16-24(30)26-20(4)27(5,11-10-23(26)28)17-19(3)7-8-25(31)29-13-14-35(32,33)34/h18-24,26,30H,7-17H2,1-6H3,(H,29,31)(H,32,33,34)/t19-,20+,21+,22?,23+,24-,26-,27+,28-/m0/s1. The van der Waals surface area contributed by atoms with Crippen LogP contribution in [-0.4, -0.2) is 42.4 Å². The Balaban J connectivity index is 1.58. The second-order valence-electron chi connectivity index (χ2n) is 13.4. The van der Waals surface area contributed by atoms with E-state index in [1.807, 2.05) is 0 Å². The number of rotatable bonds is 9. The fraction of sp³-hybridized carbons (Fsp3) is 0.964. The van der Waals surface area contributed by atoms with Gasteiger partial charge in [0.15, 0.2) is 0 Å². The van der Waals surface area contributed by atoms with Crippen LogP contribution in [0.25, 0.3) is 0 Å². The summed E-state index contributed by atoms with van der Waals surface area (Å²) in [5.74, 6) is 3.35. The minimum absolute atomic E-state index is 0.0561. The molecule has 0 aromatic carbocycles. The fourth-order valence-electron chi connectivity index (χ4n) is 8.42. The average Bonchev–Trinajstić information content (AvgIpc) is 2.74. The second kappa shape index (κ2) is 11.0. The zero-order valence-electron chi connectivity index (χ0n) is 22.9. The third-order valence-electron chi connectivity index (χ3n) is 10.9. The summed E-state index contributed by atoms with van der Waals surface area (Å²) in [4.78, 5) is 12.1. The van der Waals surface area contributed by atoms with Gasteiger partial charge in [0.2, 0.25) is 5.91 Å². The fourth-order valence-corrected chi connectivity index (χ4v) is 8.78. The maximum Gasteiger partial charge on any atom is 0.266 e. The van der Waals surface area contributed by atoms with Crippen molar-refractivity contribution in [3.8, 4) is 0 Å². The Hall–Kier alpha value is -0.660. The molecule has 0 aromatic heterocycles. The van der Waals surface area contributed by atoms with Crippen LogP contribution in [-0.2, 0) is 14.9 Å². The molecule has 9 atom stereocenters. The molecule has 3 aliphatic carbocycles. The molecular formula is C28H51NO5S. The van der Waals surface area contributed by atoms with Gasteiger partial charge in [0.25, 0.3) is 10.1 Å². The van der Waals surface area contributed by atoms with E-state index in [2.05, 4.69) is 46.9 Å². The first-order valence-electron chi connectivity index (χ1n) is 14.1. The Kier molecular flexibility index (Phi) is 9.07. The Morgan fingerprint density at radius 2 is 1.80 bits per heavy atom. The predicted octanol–water partition coefficient (Wildman–Crippen LogP) is 5.31. The van der Waals surface area contributed by atoms with Gasteiger partial charge in [0, 0.05) is 13.0 Å². The van der Waals surface area contributed by atoms with Crippen molar-refractivity contribution in [1.82, 2.24) is 5.32 Å². The molecule has 0 radical (unpaired) electrons. The number of hydrogen-bond acceptors (Lipinski definition) is 4. The van der Waals surface area contributed by atoms with E-state index in [0.29, 0.717) is 41.4 Å². The van der Waals surface area contributed by atoms with Crippen LogP contribution in [0, 0.1) is 52.3 Å². The quantitative estimate of drug-likeness (QED) is 0.363. The number of fused-ring (bicyclic) bond motifs is 3. The van der Waals surface area contributed by atoms with Gasteiger partial charge >= 0.3 is 0 Å². The summed E-state index contributed by atoms with van der Waals surface area (Å²) in [6.07, 6.45) is 9.22. The Morgan fingerprint density at radius 3 is 2.43 bits per heavy atom. The van der Waals surface area contributed by atoms with Crippen molar-refractivity contribution >= 4 is 16.0 Å². The monoisotopic (exact) mass is 513 g/mol. The molecule has 3 N–H and O–H groups in total. The topological polar surface area (TPSA) is 104 Å². The van der Waals surface area contributed by atoms with Gasteiger partial charge in [-0.3, -0.25) is 9.35 Å². The number of carbonyl (C=O) groups excluding carboxylic acids is 1. The average molecular weight is 514 g/mol. The molecule has 3 rings (SSSR count). The number of amides is 1. The highest BCUT2D eigenvalue weighted by Crippen LogP contribution is 2.64. The lowest BCUT2D eigenvalue weighted by Crippen LogP contribution is -2.58. The first-order chi connectivity index (χ1) is 16.2. The number of hydrogen-bond donors (Lipinski definition) is 3. The normalized spacial score (nSPS) is 40.6. The predicted molar refractivity (Wildman–Crippen MR) is 140 cm³/mol. The van der Waals surface area contributed by atoms with Gasteiger partial charge in [0.1, 0.15) is 0 Å². The molecule has 0 saturated heterocycles. The summed E-state index contributed by atoms with van der Waals surface area (Å²) in [5.41, 5.74) is 0.512. The first-order valence-corrected chi connectivity index (χ1v) is 15.7. The van der Waals surface area contributed by atoms with Crippen LogP contribution >= 0.6 is 0 Å². The molecule has 0 heterocycles.